The zero-order chi connectivity index (χ0) is 13.7. The highest BCUT2D eigenvalue weighted by atomic mass is 79.9. The van der Waals surface area contributed by atoms with Crippen LogP contribution in [0.3, 0.4) is 0 Å². The fourth-order valence-electron chi connectivity index (χ4n) is 2.63. The lowest BCUT2D eigenvalue weighted by molar-refractivity contribution is -0.00364. The number of likely N-dealkylation sites (N-methyl/N-ethyl adjacent to an activating group) is 1. The maximum absolute atomic E-state index is 6.08. The van der Waals surface area contributed by atoms with Gasteiger partial charge in [-0.05, 0) is 53.5 Å². The minimum absolute atomic E-state index is 0.333. The van der Waals surface area contributed by atoms with Gasteiger partial charge in [-0.2, -0.15) is 0 Å². The molecule has 0 saturated heterocycles. The molecule has 2 atom stereocenters. The molecule has 1 aromatic carbocycles. The zero-order valence-electron chi connectivity index (χ0n) is 11.6. The molecule has 4 heteroatoms. The lowest BCUT2D eigenvalue weighted by Crippen LogP contribution is -2.41. The first kappa shape index (κ1) is 14.8. The number of halogens is 1. The average molecular weight is 328 g/mol. The van der Waals surface area contributed by atoms with Crippen LogP contribution < -0.4 is 10.1 Å². The van der Waals surface area contributed by atoms with Gasteiger partial charge in [0, 0.05) is 6.04 Å². The lowest BCUT2D eigenvalue weighted by Gasteiger charge is -2.31. The molecule has 1 aliphatic rings. The molecular formula is C15H22BrNO2. The van der Waals surface area contributed by atoms with Crippen molar-refractivity contribution in [1.29, 1.82) is 0 Å². The van der Waals surface area contributed by atoms with E-state index in [4.69, 9.17) is 9.47 Å². The minimum atomic E-state index is 0.333. The number of methoxy groups -OCH3 is 1. The van der Waals surface area contributed by atoms with Gasteiger partial charge in [0.25, 0.3) is 0 Å². The minimum Gasteiger partial charge on any atom is -0.496 e. The number of hydrogen-bond donors (Lipinski definition) is 1. The van der Waals surface area contributed by atoms with E-state index < -0.39 is 0 Å². The molecular weight excluding hydrogens is 306 g/mol. The average Bonchev–Trinajstić information content (AvgIpc) is 2.45. The number of rotatable bonds is 5. The van der Waals surface area contributed by atoms with Crippen LogP contribution in [-0.4, -0.2) is 26.3 Å². The number of ether oxygens (including phenoxy) is 2. The molecule has 2 rings (SSSR count). The molecule has 0 spiro atoms. The summed E-state index contributed by atoms with van der Waals surface area (Å²) in [5, 5.41) is 3.37. The maximum Gasteiger partial charge on any atom is 0.133 e. The van der Waals surface area contributed by atoms with E-state index >= 15 is 0 Å². The predicted molar refractivity (Wildman–Crippen MR) is 80.6 cm³/mol. The third-order valence-corrected chi connectivity index (χ3v) is 4.37. The smallest absolute Gasteiger partial charge is 0.133 e. The fraction of sp³-hybridized carbons (Fsp3) is 0.600. The first-order valence-corrected chi connectivity index (χ1v) is 7.65. The van der Waals surface area contributed by atoms with Crippen LogP contribution in [0.25, 0.3) is 0 Å². The van der Waals surface area contributed by atoms with Crippen LogP contribution in [-0.2, 0) is 11.3 Å². The molecule has 19 heavy (non-hydrogen) atoms. The highest BCUT2D eigenvalue weighted by Gasteiger charge is 2.24. The molecule has 0 heterocycles. The number of nitrogens with one attached hydrogen (secondary N) is 1. The van der Waals surface area contributed by atoms with Crippen molar-refractivity contribution in [1.82, 2.24) is 5.32 Å². The highest BCUT2D eigenvalue weighted by Crippen LogP contribution is 2.27. The van der Waals surface area contributed by atoms with Crippen LogP contribution in [0.1, 0.15) is 31.2 Å². The molecule has 0 amide bonds. The SMILES string of the molecule is CNC1CCCCC1OCc1ccc(OC)c(Br)c1. The van der Waals surface area contributed by atoms with Crippen LogP contribution >= 0.6 is 15.9 Å². The molecule has 106 valence electrons. The van der Waals surface area contributed by atoms with Gasteiger partial charge in [-0.1, -0.05) is 18.9 Å². The van der Waals surface area contributed by atoms with Crippen LogP contribution in [0.4, 0.5) is 0 Å². The Morgan fingerprint density at radius 1 is 1.32 bits per heavy atom. The van der Waals surface area contributed by atoms with Crippen molar-refractivity contribution in [3.05, 3.63) is 28.2 Å². The molecule has 0 radical (unpaired) electrons. The topological polar surface area (TPSA) is 30.5 Å². The van der Waals surface area contributed by atoms with Gasteiger partial charge < -0.3 is 14.8 Å². The third kappa shape index (κ3) is 3.94. The summed E-state index contributed by atoms with van der Waals surface area (Å²) in [5.74, 6) is 0.856. The Balaban J connectivity index is 1.92. The van der Waals surface area contributed by atoms with E-state index in [0.717, 1.165) is 16.6 Å². The third-order valence-electron chi connectivity index (χ3n) is 3.75. The monoisotopic (exact) mass is 327 g/mol. The molecule has 2 unspecified atom stereocenters. The van der Waals surface area contributed by atoms with E-state index in [9.17, 15) is 0 Å². The van der Waals surface area contributed by atoms with Crippen molar-refractivity contribution in [3.63, 3.8) is 0 Å². The van der Waals surface area contributed by atoms with E-state index in [1.807, 2.05) is 13.1 Å². The van der Waals surface area contributed by atoms with E-state index in [1.54, 1.807) is 7.11 Å². The van der Waals surface area contributed by atoms with Gasteiger partial charge in [0.1, 0.15) is 5.75 Å². The molecule has 1 aliphatic carbocycles. The summed E-state index contributed by atoms with van der Waals surface area (Å²) in [5.41, 5.74) is 1.17. The van der Waals surface area contributed by atoms with Gasteiger partial charge in [0.15, 0.2) is 0 Å². The molecule has 1 aromatic rings. The van der Waals surface area contributed by atoms with Gasteiger partial charge in [0.05, 0.1) is 24.3 Å². The highest BCUT2D eigenvalue weighted by molar-refractivity contribution is 9.10. The first-order chi connectivity index (χ1) is 9.24. The second kappa shape index (κ2) is 7.27. The summed E-state index contributed by atoms with van der Waals surface area (Å²) in [4.78, 5) is 0. The Hall–Kier alpha value is -0.580. The van der Waals surface area contributed by atoms with E-state index in [-0.39, 0.29) is 0 Å². The van der Waals surface area contributed by atoms with E-state index in [1.165, 1.54) is 24.8 Å². The predicted octanol–water partition coefficient (Wildman–Crippen LogP) is 3.50. The van der Waals surface area contributed by atoms with Crippen molar-refractivity contribution in [2.45, 2.75) is 44.4 Å². The Labute approximate surface area is 123 Å². The Morgan fingerprint density at radius 3 is 2.79 bits per heavy atom. The number of benzene rings is 1. The van der Waals surface area contributed by atoms with Crippen molar-refractivity contribution < 1.29 is 9.47 Å². The van der Waals surface area contributed by atoms with E-state index in [2.05, 4.69) is 33.4 Å². The Morgan fingerprint density at radius 2 is 2.11 bits per heavy atom. The summed E-state index contributed by atoms with van der Waals surface area (Å²) in [6, 6.07) is 6.59. The zero-order valence-corrected chi connectivity index (χ0v) is 13.2. The summed E-state index contributed by atoms with van der Waals surface area (Å²) >= 11 is 3.51. The van der Waals surface area contributed by atoms with Gasteiger partial charge in [-0.15, -0.1) is 0 Å². The van der Waals surface area contributed by atoms with Crippen molar-refractivity contribution in [3.8, 4) is 5.75 Å². The van der Waals surface area contributed by atoms with E-state index in [0.29, 0.717) is 18.8 Å². The quantitative estimate of drug-likeness (QED) is 0.897. The number of hydrogen-bond acceptors (Lipinski definition) is 3. The van der Waals surface area contributed by atoms with Crippen molar-refractivity contribution in [2.75, 3.05) is 14.2 Å². The normalized spacial score (nSPS) is 23.3. The lowest BCUT2D eigenvalue weighted by atomic mass is 9.92. The van der Waals surface area contributed by atoms with Gasteiger partial charge in [0.2, 0.25) is 0 Å². The summed E-state index contributed by atoms with van der Waals surface area (Å²) in [6.45, 7) is 0.658. The molecule has 0 aromatic heterocycles. The first-order valence-electron chi connectivity index (χ1n) is 6.86. The summed E-state index contributed by atoms with van der Waals surface area (Å²) < 4.78 is 12.3. The van der Waals surface area contributed by atoms with Crippen LogP contribution in [0.5, 0.6) is 5.75 Å². The van der Waals surface area contributed by atoms with Gasteiger partial charge >= 0.3 is 0 Å². The van der Waals surface area contributed by atoms with Crippen LogP contribution in [0.15, 0.2) is 22.7 Å². The van der Waals surface area contributed by atoms with Gasteiger partial charge in [-0.3, -0.25) is 0 Å². The standard InChI is InChI=1S/C15H22BrNO2/c1-17-13-5-3-4-6-15(13)19-10-11-7-8-14(18-2)12(16)9-11/h7-9,13,15,17H,3-6,10H2,1-2H3. The molecule has 1 N–H and O–H groups in total. The second-order valence-corrected chi connectivity index (χ2v) is 5.85. The summed E-state index contributed by atoms with van der Waals surface area (Å²) in [7, 11) is 3.70. The van der Waals surface area contributed by atoms with Gasteiger partial charge in [-0.25, -0.2) is 0 Å². The molecule has 0 aliphatic heterocycles. The van der Waals surface area contributed by atoms with Crippen molar-refractivity contribution >= 4 is 15.9 Å². The Bertz CT molecular complexity index is 411. The molecule has 1 fully saturated rings. The largest absolute Gasteiger partial charge is 0.496 e. The molecule has 0 bridgehead atoms. The molecule has 1 saturated carbocycles. The van der Waals surface area contributed by atoms with Crippen LogP contribution in [0, 0.1) is 0 Å². The maximum atomic E-state index is 6.08. The summed E-state index contributed by atoms with van der Waals surface area (Å²) in [6.07, 6.45) is 5.28. The molecule has 3 nitrogen and oxygen atoms in total. The Kier molecular flexibility index (Phi) is 5.67. The second-order valence-electron chi connectivity index (χ2n) is 5.00. The fourth-order valence-corrected chi connectivity index (χ4v) is 3.22. The van der Waals surface area contributed by atoms with Crippen LogP contribution in [0.2, 0.25) is 0 Å². The van der Waals surface area contributed by atoms with Crippen molar-refractivity contribution in [2.24, 2.45) is 0 Å².